The summed E-state index contributed by atoms with van der Waals surface area (Å²) in [5.74, 6) is -0.845. The Hall–Kier alpha value is -3.28. The van der Waals surface area contributed by atoms with Crippen LogP contribution in [0, 0.1) is 0 Å². The van der Waals surface area contributed by atoms with Crippen molar-refractivity contribution in [1.29, 1.82) is 0 Å². The smallest absolute Gasteiger partial charge is 0.318 e. The van der Waals surface area contributed by atoms with Crippen molar-refractivity contribution in [2.24, 2.45) is 0 Å². The Morgan fingerprint density at radius 2 is 1.09 bits per heavy atom. The van der Waals surface area contributed by atoms with E-state index in [4.69, 9.17) is 9.47 Å². The highest BCUT2D eigenvalue weighted by Gasteiger charge is 2.28. The number of Topliss-reactive ketones (excluding diaryl/α,β-unsaturated/α-hetero) is 2. The number of rotatable bonds is 11. The summed E-state index contributed by atoms with van der Waals surface area (Å²) in [7, 11) is 0. The molecule has 0 heterocycles. The third-order valence-corrected chi connectivity index (χ3v) is 5.26. The third-order valence-electron chi connectivity index (χ3n) is 5.26. The number of hydrogen-bond donors (Lipinski definition) is 0. The Labute approximate surface area is 188 Å². The number of hydrogen-bond acceptors (Lipinski definition) is 6. The summed E-state index contributed by atoms with van der Waals surface area (Å²) in [4.78, 5) is 45.6. The van der Waals surface area contributed by atoms with E-state index in [0.717, 1.165) is 30.4 Å². The normalized spacial score (nSPS) is 11.0. The van der Waals surface area contributed by atoms with Crippen molar-refractivity contribution in [2.45, 2.75) is 65.2 Å². The van der Waals surface area contributed by atoms with Gasteiger partial charge in [0.05, 0.1) is 0 Å². The van der Waals surface area contributed by atoms with Crippen LogP contribution in [0.1, 0.15) is 70.9 Å². The van der Waals surface area contributed by atoms with Crippen molar-refractivity contribution in [3.63, 3.8) is 0 Å². The largest absolute Gasteiger partial charge is 0.426 e. The summed E-state index contributed by atoms with van der Waals surface area (Å²) >= 11 is 0. The summed E-state index contributed by atoms with van der Waals surface area (Å²) in [5, 5.41) is 0. The molecule has 32 heavy (non-hydrogen) atoms. The van der Waals surface area contributed by atoms with E-state index in [0.29, 0.717) is 11.5 Å². The van der Waals surface area contributed by atoms with Gasteiger partial charge in [-0.3, -0.25) is 19.2 Å². The molecular formula is C26H30O6. The number of ether oxygens (including phenoxy) is 2. The number of ketones is 2. The van der Waals surface area contributed by atoms with E-state index < -0.39 is 11.9 Å². The molecule has 0 amide bonds. The number of unbranched alkanes of at least 4 members (excludes halogenated alkanes) is 1. The minimum atomic E-state index is -0.575. The van der Waals surface area contributed by atoms with Crippen LogP contribution < -0.4 is 9.47 Å². The van der Waals surface area contributed by atoms with Gasteiger partial charge in [0.25, 0.3) is 0 Å². The molecular weight excluding hydrogens is 408 g/mol. The molecule has 0 N–H and O–H groups in total. The molecule has 0 saturated carbocycles. The summed E-state index contributed by atoms with van der Waals surface area (Å²) in [6.45, 7) is 6.98. The van der Waals surface area contributed by atoms with Crippen LogP contribution >= 0.6 is 0 Å². The highest BCUT2D eigenvalue weighted by Crippen LogP contribution is 2.38. The highest BCUT2D eigenvalue weighted by atomic mass is 16.5. The Kier molecular flexibility index (Phi) is 8.88. The lowest BCUT2D eigenvalue weighted by atomic mass is 9.73. The maximum Gasteiger partial charge on any atom is 0.318 e. The number of benzene rings is 2. The molecule has 0 atom stereocenters. The topological polar surface area (TPSA) is 86.7 Å². The van der Waals surface area contributed by atoms with Crippen LogP contribution in [0.5, 0.6) is 11.5 Å². The van der Waals surface area contributed by atoms with Gasteiger partial charge in [0.2, 0.25) is 0 Å². The van der Waals surface area contributed by atoms with Crippen LogP contribution in [0.25, 0.3) is 0 Å². The van der Waals surface area contributed by atoms with Gasteiger partial charge in [-0.05, 0) is 55.7 Å². The van der Waals surface area contributed by atoms with Gasteiger partial charge in [-0.2, -0.15) is 0 Å². The summed E-state index contributed by atoms with van der Waals surface area (Å²) in [6.07, 6.45) is 2.45. The summed E-state index contributed by atoms with van der Waals surface area (Å²) in [6, 6.07) is 14.6. The molecule has 0 saturated heterocycles. The van der Waals surface area contributed by atoms with Gasteiger partial charge >= 0.3 is 11.9 Å². The van der Waals surface area contributed by atoms with Gasteiger partial charge in [0, 0.05) is 5.41 Å². The molecule has 0 aliphatic rings. The van der Waals surface area contributed by atoms with Crippen LogP contribution in [0.3, 0.4) is 0 Å². The van der Waals surface area contributed by atoms with E-state index in [1.807, 2.05) is 24.3 Å². The van der Waals surface area contributed by atoms with Gasteiger partial charge in [0.15, 0.2) is 0 Å². The van der Waals surface area contributed by atoms with Crippen LogP contribution in [0.15, 0.2) is 48.5 Å². The van der Waals surface area contributed by atoms with Gasteiger partial charge in [-0.15, -0.1) is 0 Å². The van der Waals surface area contributed by atoms with Gasteiger partial charge in [-0.25, -0.2) is 0 Å². The monoisotopic (exact) mass is 438 g/mol. The van der Waals surface area contributed by atoms with Crippen molar-refractivity contribution in [1.82, 2.24) is 0 Å². The van der Waals surface area contributed by atoms with Crippen molar-refractivity contribution >= 4 is 23.5 Å². The van der Waals surface area contributed by atoms with E-state index in [1.54, 1.807) is 24.3 Å². The fourth-order valence-corrected chi connectivity index (χ4v) is 3.51. The zero-order chi connectivity index (χ0) is 23.7. The predicted molar refractivity (Wildman–Crippen MR) is 121 cm³/mol. The molecule has 0 bridgehead atoms. The molecule has 2 aromatic carbocycles. The van der Waals surface area contributed by atoms with E-state index in [-0.39, 0.29) is 29.8 Å². The third kappa shape index (κ3) is 7.15. The fourth-order valence-electron chi connectivity index (χ4n) is 3.51. The van der Waals surface area contributed by atoms with Gasteiger partial charge < -0.3 is 9.47 Å². The molecule has 0 fully saturated rings. The molecule has 0 aromatic heterocycles. The van der Waals surface area contributed by atoms with E-state index in [2.05, 4.69) is 13.8 Å². The molecule has 6 nitrogen and oxygen atoms in total. The average Bonchev–Trinajstić information content (AvgIpc) is 2.71. The van der Waals surface area contributed by atoms with E-state index in [1.165, 1.54) is 13.8 Å². The van der Waals surface area contributed by atoms with Crippen LogP contribution in [-0.4, -0.2) is 23.5 Å². The molecule has 2 aromatic rings. The van der Waals surface area contributed by atoms with Gasteiger partial charge in [0.1, 0.15) is 35.9 Å². The molecule has 0 aliphatic heterocycles. The molecule has 170 valence electrons. The Morgan fingerprint density at radius 1 is 0.719 bits per heavy atom. The van der Waals surface area contributed by atoms with Crippen molar-refractivity contribution in [2.75, 3.05) is 0 Å². The highest BCUT2D eigenvalue weighted by molar-refractivity contribution is 5.95. The van der Waals surface area contributed by atoms with Gasteiger partial charge in [-0.1, -0.05) is 51.0 Å². The lowest BCUT2D eigenvalue weighted by Crippen LogP contribution is -2.23. The van der Waals surface area contributed by atoms with Crippen LogP contribution in [0.4, 0.5) is 0 Å². The maximum absolute atomic E-state index is 11.7. The van der Waals surface area contributed by atoms with Crippen LogP contribution in [0.2, 0.25) is 0 Å². The lowest BCUT2D eigenvalue weighted by molar-refractivity contribution is -0.139. The number of carbonyl (C=O) groups excluding carboxylic acids is 4. The molecule has 0 aliphatic carbocycles. The SMILES string of the molecule is CCCCC(C)(c1ccc(OC(=O)CC(C)=O)cc1)c1ccc(OC(=O)CC(C)=O)cc1. The quantitative estimate of drug-likeness (QED) is 0.280. The molecule has 0 spiro atoms. The first-order valence-corrected chi connectivity index (χ1v) is 10.8. The predicted octanol–water partition coefficient (Wildman–Crippen LogP) is 4.95. The van der Waals surface area contributed by atoms with Crippen LogP contribution in [-0.2, 0) is 24.6 Å². The molecule has 0 radical (unpaired) electrons. The Morgan fingerprint density at radius 3 is 1.41 bits per heavy atom. The second-order valence-electron chi connectivity index (χ2n) is 8.19. The molecule has 0 unspecified atom stereocenters. The fraction of sp³-hybridized carbons (Fsp3) is 0.385. The summed E-state index contributed by atoms with van der Waals surface area (Å²) in [5.41, 5.74) is 1.80. The second-order valence-corrected chi connectivity index (χ2v) is 8.19. The second kappa shape index (κ2) is 11.4. The first kappa shape index (κ1) is 25.0. The zero-order valence-corrected chi connectivity index (χ0v) is 19.1. The molecule has 6 heteroatoms. The number of esters is 2. The summed E-state index contributed by atoms with van der Waals surface area (Å²) < 4.78 is 10.5. The first-order valence-electron chi connectivity index (χ1n) is 10.8. The minimum Gasteiger partial charge on any atom is -0.426 e. The first-order chi connectivity index (χ1) is 15.1. The minimum absolute atomic E-state index is 0.241. The Bertz CT molecular complexity index is 883. The average molecular weight is 439 g/mol. The lowest BCUT2D eigenvalue weighted by Gasteiger charge is -2.31. The maximum atomic E-state index is 11.7. The standard InChI is InChI=1S/C26H30O6/c1-5-6-15-26(4,20-7-11-22(12-8-20)31-24(29)16-18(2)27)21-9-13-23(14-10-21)32-25(30)17-19(3)28/h7-14H,5-6,15-17H2,1-4H3. The number of carbonyl (C=O) groups is 4. The zero-order valence-electron chi connectivity index (χ0n) is 19.1. The van der Waals surface area contributed by atoms with E-state index in [9.17, 15) is 19.2 Å². The molecule has 2 rings (SSSR count). The van der Waals surface area contributed by atoms with Crippen molar-refractivity contribution in [3.05, 3.63) is 59.7 Å². The van der Waals surface area contributed by atoms with E-state index >= 15 is 0 Å². The van der Waals surface area contributed by atoms with Crippen molar-refractivity contribution in [3.8, 4) is 11.5 Å². The van der Waals surface area contributed by atoms with Crippen molar-refractivity contribution < 1.29 is 28.7 Å². The Balaban J connectivity index is 2.23.